The van der Waals surface area contributed by atoms with Gasteiger partial charge in [0.25, 0.3) is 17.1 Å². The number of benzene rings is 3. The van der Waals surface area contributed by atoms with Gasteiger partial charge in [0.05, 0.1) is 11.5 Å². The number of nitrogens with zero attached hydrogens (tertiary/aromatic N) is 1. The molecule has 0 aliphatic carbocycles. The fourth-order valence-corrected chi connectivity index (χ4v) is 4.56. The second-order valence-electron chi connectivity index (χ2n) is 8.53. The summed E-state index contributed by atoms with van der Waals surface area (Å²) in [6, 6.07) is 21.2. The summed E-state index contributed by atoms with van der Waals surface area (Å²) < 4.78 is 11.4. The van der Waals surface area contributed by atoms with Gasteiger partial charge in [0.15, 0.2) is 18.1 Å². The molecule has 200 valence electrons. The van der Waals surface area contributed by atoms with Crippen LogP contribution in [0.15, 0.2) is 77.7 Å². The van der Waals surface area contributed by atoms with E-state index < -0.39 is 23.6 Å². The summed E-state index contributed by atoms with van der Waals surface area (Å²) in [5, 5.41) is 4.92. The van der Waals surface area contributed by atoms with Crippen LogP contribution in [-0.4, -0.2) is 47.6 Å². The van der Waals surface area contributed by atoms with Crippen LogP contribution in [-0.2, 0) is 14.4 Å². The number of hydrogen-bond acceptors (Lipinski definition) is 7. The lowest BCUT2D eigenvalue weighted by Gasteiger charge is -2.13. The van der Waals surface area contributed by atoms with Crippen LogP contribution in [0.5, 0.6) is 11.5 Å². The maximum atomic E-state index is 12.9. The molecule has 0 radical (unpaired) electrons. The predicted octanol–water partition coefficient (Wildman–Crippen LogP) is 5.09. The van der Waals surface area contributed by atoms with Gasteiger partial charge in [0.1, 0.15) is 6.54 Å². The molecule has 4 amide bonds. The number of para-hydroxylation sites is 1. The largest absolute Gasteiger partial charge is 0.490 e. The molecule has 2 N–H and O–H groups in total. The van der Waals surface area contributed by atoms with Gasteiger partial charge in [0, 0.05) is 11.4 Å². The van der Waals surface area contributed by atoms with Crippen LogP contribution in [0.1, 0.15) is 18.1 Å². The zero-order chi connectivity index (χ0) is 27.8. The van der Waals surface area contributed by atoms with Gasteiger partial charge in [-0.05, 0) is 79.2 Å². The molecule has 0 bridgehead atoms. The number of aryl methyl sites for hydroxylation is 1. The van der Waals surface area contributed by atoms with Crippen LogP contribution in [0.2, 0.25) is 0 Å². The Morgan fingerprint density at radius 2 is 1.62 bits per heavy atom. The number of thioether (sulfide) groups is 1. The first-order valence-electron chi connectivity index (χ1n) is 12.2. The lowest BCUT2D eigenvalue weighted by Crippen LogP contribution is -2.36. The average molecular weight is 546 g/mol. The molecule has 1 saturated heterocycles. The fourth-order valence-electron chi connectivity index (χ4n) is 3.72. The highest BCUT2D eigenvalue weighted by molar-refractivity contribution is 8.18. The highest BCUT2D eigenvalue weighted by Crippen LogP contribution is 2.34. The smallest absolute Gasteiger partial charge is 0.294 e. The van der Waals surface area contributed by atoms with Gasteiger partial charge in [-0.3, -0.25) is 24.1 Å². The number of ether oxygens (including phenoxy) is 2. The summed E-state index contributed by atoms with van der Waals surface area (Å²) >= 11 is 0.758. The van der Waals surface area contributed by atoms with Gasteiger partial charge >= 0.3 is 0 Å². The van der Waals surface area contributed by atoms with Crippen LogP contribution in [0.4, 0.5) is 16.2 Å². The van der Waals surface area contributed by atoms with Crippen LogP contribution in [0.25, 0.3) is 6.08 Å². The van der Waals surface area contributed by atoms with Crippen LogP contribution < -0.4 is 20.1 Å². The lowest BCUT2D eigenvalue weighted by molar-refractivity contribution is -0.127. The normalized spacial score (nSPS) is 13.9. The van der Waals surface area contributed by atoms with E-state index in [1.54, 1.807) is 54.6 Å². The Morgan fingerprint density at radius 1 is 0.872 bits per heavy atom. The third-order valence-corrected chi connectivity index (χ3v) is 6.37. The number of amides is 4. The predicted molar refractivity (Wildman–Crippen MR) is 151 cm³/mol. The number of hydrogen-bond donors (Lipinski definition) is 2. The Bertz CT molecular complexity index is 1420. The van der Waals surface area contributed by atoms with Gasteiger partial charge < -0.3 is 20.1 Å². The van der Waals surface area contributed by atoms with E-state index in [4.69, 9.17) is 9.47 Å². The zero-order valence-corrected chi connectivity index (χ0v) is 22.2. The van der Waals surface area contributed by atoms with E-state index in [1.807, 2.05) is 38.1 Å². The van der Waals surface area contributed by atoms with E-state index in [-0.39, 0.29) is 17.4 Å². The zero-order valence-electron chi connectivity index (χ0n) is 21.4. The Balaban J connectivity index is 1.40. The van der Waals surface area contributed by atoms with Crippen molar-refractivity contribution in [2.45, 2.75) is 13.8 Å². The first-order chi connectivity index (χ1) is 18.8. The first-order valence-corrected chi connectivity index (χ1v) is 13.0. The monoisotopic (exact) mass is 545 g/mol. The minimum atomic E-state index is -0.556. The standard InChI is InChI=1S/C29H27N3O6S/c1-3-37-24-15-20(12-13-23(24)38-18-27(34)31-22-11-7-8-19(2)14-22)16-25-28(35)32(29(36)39-25)17-26(33)30-21-9-5-4-6-10-21/h4-16H,3,17-18H2,1-2H3,(H,30,33)(H,31,34)/b25-16+. The van der Waals surface area contributed by atoms with Crippen molar-refractivity contribution in [1.82, 2.24) is 4.90 Å². The van der Waals surface area contributed by atoms with Gasteiger partial charge in [-0.15, -0.1) is 0 Å². The third-order valence-electron chi connectivity index (χ3n) is 5.46. The van der Waals surface area contributed by atoms with Crippen molar-refractivity contribution in [2.24, 2.45) is 0 Å². The summed E-state index contributed by atoms with van der Waals surface area (Å²) in [4.78, 5) is 51.1. The molecule has 1 fully saturated rings. The molecule has 10 heteroatoms. The van der Waals surface area contributed by atoms with Crippen molar-refractivity contribution in [3.05, 3.63) is 88.8 Å². The quantitative estimate of drug-likeness (QED) is 0.341. The van der Waals surface area contributed by atoms with Gasteiger partial charge in [-0.2, -0.15) is 0 Å². The molecule has 0 unspecified atom stereocenters. The molecule has 9 nitrogen and oxygen atoms in total. The van der Waals surface area contributed by atoms with Crippen molar-refractivity contribution >= 4 is 52.2 Å². The topological polar surface area (TPSA) is 114 Å². The maximum Gasteiger partial charge on any atom is 0.294 e. The molecule has 4 rings (SSSR count). The average Bonchev–Trinajstić information content (AvgIpc) is 3.16. The summed E-state index contributed by atoms with van der Waals surface area (Å²) in [5.41, 5.74) is 2.87. The van der Waals surface area contributed by atoms with Gasteiger partial charge in [0.2, 0.25) is 5.91 Å². The molecule has 0 saturated carbocycles. The molecule has 1 aliphatic rings. The fraction of sp³-hybridized carbons (Fsp3) is 0.172. The Kier molecular flexibility index (Phi) is 9.01. The first kappa shape index (κ1) is 27.5. The number of anilines is 2. The number of rotatable bonds is 10. The summed E-state index contributed by atoms with van der Waals surface area (Å²) in [6.45, 7) is 3.48. The van der Waals surface area contributed by atoms with Crippen molar-refractivity contribution in [3.63, 3.8) is 0 Å². The highest BCUT2D eigenvalue weighted by Gasteiger charge is 2.36. The molecule has 0 aromatic heterocycles. The lowest BCUT2D eigenvalue weighted by atomic mass is 10.2. The van der Waals surface area contributed by atoms with E-state index in [0.29, 0.717) is 35.0 Å². The van der Waals surface area contributed by atoms with E-state index >= 15 is 0 Å². The number of imide groups is 1. The molecule has 3 aromatic carbocycles. The molecular formula is C29H27N3O6S. The minimum absolute atomic E-state index is 0.182. The van der Waals surface area contributed by atoms with Gasteiger partial charge in [-0.25, -0.2) is 0 Å². The maximum absolute atomic E-state index is 12.9. The van der Waals surface area contributed by atoms with Crippen LogP contribution >= 0.6 is 11.8 Å². The van der Waals surface area contributed by atoms with Crippen LogP contribution in [0.3, 0.4) is 0 Å². The van der Waals surface area contributed by atoms with Crippen molar-refractivity contribution in [1.29, 1.82) is 0 Å². The number of carbonyl (C=O) groups is 4. The number of carbonyl (C=O) groups excluding carboxylic acids is 4. The van der Waals surface area contributed by atoms with Gasteiger partial charge in [-0.1, -0.05) is 36.4 Å². The van der Waals surface area contributed by atoms with E-state index in [9.17, 15) is 19.2 Å². The van der Waals surface area contributed by atoms with E-state index in [1.165, 1.54) is 0 Å². The molecule has 3 aromatic rings. The van der Waals surface area contributed by atoms with Crippen molar-refractivity contribution in [3.8, 4) is 11.5 Å². The van der Waals surface area contributed by atoms with Crippen molar-refractivity contribution in [2.75, 3.05) is 30.4 Å². The third kappa shape index (κ3) is 7.48. The molecular weight excluding hydrogens is 518 g/mol. The second kappa shape index (κ2) is 12.8. The molecule has 0 spiro atoms. The second-order valence-corrected chi connectivity index (χ2v) is 9.52. The van der Waals surface area contributed by atoms with E-state index in [0.717, 1.165) is 22.2 Å². The Labute approximate surface area is 230 Å². The molecule has 1 aliphatic heterocycles. The summed E-state index contributed by atoms with van der Waals surface area (Å²) in [7, 11) is 0. The SMILES string of the molecule is CCOc1cc(/C=C2/SC(=O)N(CC(=O)Nc3ccccc3)C2=O)ccc1OCC(=O)Nc1cccc(C)c1. The molecule has 1 heterocycles. The Morgan fingerprint density at radius 3 is 2.36 bits per heavy atom. The summed E-state index contributed by atoms with van der Waals surface area (Å²) in [5.74, 6) is -0.608. The summed E-state index contributed by atoms with van der Waals surface area (Å²) in [6.07, 6.45) is 1.55. The Hall–Kier alpha value is -4.57. The minimum Gasteiger partial charge on any atom is -0.490 e. The highest BCUT2D eigenvalue weighted by atomic mass is 32.2. The number of nitrogens with one attached hydrogen (secondary N) is 2. The van der Waals surface area contributed by atoms with Crippen molar-refractivity contribution < 1.29 is 28.7 Å². The molecule has 0 atom stereocenters. The van der Waals surface area contributed by atoms with Crippen LogP contribution in [0, 0.1) is 6.92 Å². The molecule has 39 heavy (non-hydrogen) atoms. The van der Waals surface area contributed by atoms with E-state index in [2.05, 4.69) is 10.6 Å².